The van der Waals surface area contributed by atoms with E-state index >= 15 is 0 Å². The van der Waals surface area contributed by atoms with Crippen molar-refractivity contribution in [3.05, 3.63) is 40.4 Å². The number of rotatable bonds is 12. The minimum atomic E-state index is -0.259. The molecule has 2 N–H and O–H groups in total. The SMILES string of the molecule is CCCCC(CC)n1nc(C)c2cc(C(=O)Nc3ccc(C(=O)NCCOC)c(OC)c3)sc21. The molecule has 0 aliphatic heterocycles. The maximum absolute atomic E-state index is 13.0. The Morgan fingerprint density at radius 1 is 1.18 bits per heavy atom. The van der Waals surface area contributed by atoms with Crippen LogP contribution in [0.1, 0.15) is 71.3 Å². The molecule has 1 unspecified atom stereocenters. The van der Waals surface area contributed by atoms with Crippen LogP contribution in [0.5, 0.6) is 5.75 Å². The Bertz CT molecular complexity index is 1140. The van der Waals surface area contributed by atoms with Gasteiger partial charge in [-0.15, -0.1) is 11.3 Å². The molecular weight excluding hydrogens is 452 g/mol. The number of benzene rings is 1. The number of thiophene rings is 1. The van der Waals surface area contributed by atoms with E-state index in [0.717, 1.165) is 41.6 Å². The van der Waals surface area contributed by atoms with Crippen molar-refractivity contribution in [3.8, 4) is 5.75 Å². The minimum absolute atomic E-state index is 0.201. The smallest absolute Gasteiger partial charge is 0.265 e. The summed E-state index contributed by atoms with van der Waals surface area (Å²) in [7, 11) is 3.07. The van der Waals surface area contributed by atoms with Gasteiger partial charge in [0, 0.05) is 30.8 Å². The van der Waals surface area contributed by atoms with Gasteiger partial charge in [0.05, 0.1) is 35.9 Å². The first-order valence-electron chi connectivity index (χ1n) is 11.7. The zero-order valence-electron chi connectivity index (χ0n) is 20.6. The quantitative estimate of drug-likeness (QED) is 0.344. The van der Waals surface area contributed by atoms with Gasteiger partial charge in [-0.05, 0) is 38.0 Å². The lowest BCUT2D eigenvalue weighted by molar-refractivity contribution is 0.0933. The predicted molar refractivity (Wildman–Crippen MR) is 136 cm³/mol. The molecule has 0 saturated carbocycles. The molecule has 1 atom stereocenters. The molecule has 0 radical (unpaired) electrons. The van der Waals surface area contributed by atoms with Crippen LogP contribution < -0.4 is 15.4 Å². The number of amides is 2. The molecule has 0 saturated heterocycles. The number of aromatic nitrogens is 2. The van der Waals surface area contributed by atoms with Gasteiger partial charge < -0.3 is 20.1 Å². The number of aryl methyl sites for hydroxylation is 1. The number of fused-ring (bicyclic) bond motifs is 1. The average molecular weight is 487 g/mol. The first-order chi connectivity index (χ1) is 16.4. The van der Waals surface area contributed by atoms with E-state index in [1.165, 1.54) is 18.4 Å². The van der Waals surface area contributed by atoms with Crippen LogP contribution in [0.3, 0.4) is 0 Å². The number of methoxy groups -OCH3 is 2. The van der Waals surface area contributed by atoms with Gasteiger partial charge in [-0.25, -0.2) is 0 Å². The highest BCUT2D eigenvalue weighted by Gasteiger charge is 2.21. The monoisotopic (exact) mass is 486 g/mol. The molecular formula is C25H34N4O4S. The predicted octanol–water partition coefficient (Wildman–Crippen LogP) is 5.18. The Balaban J connectivity index is 1.79. The van der Waals surface area contributed by atoms with Gasteiger partial charge in [0.15, 0.2) is 0 Å². The van der Waals surface area contributed by atoms with Gasteiger partial charge in [0.1, 0.15) is 10.6 Å². The number of hydrogen-bond donors (Lipinski definition) is 2. The second-order valence-electron chi connectivity index (χ2n) is 8.18. The lowest BCUT2D eigenvalue weighted by atomic mass is 10.1. The van der Waals surface area contributed by atoms with E-state index in [4.69, 9.17) is 14.6 Å². The van der Waals surface area contributed by atoms with Crippen LogP contribution in [0.25, 0.3) is 10.2 Å². The number of hydrogen-bond acceptors (Lipinski definition) is 6. The van der Waals surface area contributed by atoms with Crippen molar-refractivity contribution in [1.82, 2.24) is 15.1 Å². The zero-order chi connectivity index (χ0) is 24.7. The number of nitrogens with one attached hydrogen (secondary N) is 2. The summed E-state index contributed by atoms with van der Waals surface area (Å²) in [4.78, 5) is 27.1. The number of anilines is 1. The van der Waals surface area contributed by atoms with Crippen molar-refractivity contribution in [2.24, 2.45) is 0 Å². The molecule has 2 amide bonds. The molecule has 34 heavy (non-hydrogen) atoms. The van der Waals surface area contributed by atoms with E-state index in [1.807, 2.05) is 13.0 Å². The molecule has 2 aromatic heterocycles. The third-order valence-corrected chi connectivity index (χ3v) is 6.92. The highest BCUT2D eigenvalue weighted by Crippen LogP contribution is 2.33. The molecule has 184 valence electrons. The zero-order valence-corrected chi connectivity index (χ0v) is 21.4. The molecule has 0 spiro atoms. The number of nitrogens with zero attached hydrogens (tertiary/aromatic N) is 2. The van der Waals surface area contributed by atoms with E-state index in [2.05, 4.69) is 29.2 Å². The molecule has 0 aliphatic carbocycles. The Hall–Kier alpha value is -2.91. The van der Waals surface area contributed by atoms with Gasteiger partial charge in [-0.2, -0.15) is 5.10 Å². The number of unbranched alkanes of at least 4 members (excludes halogenated alkanes) is 1. The average Bonchev–Trinajstić information content (AvgIpc) is 3.40. The van der Waals surface area contributed by atoms with Crippen molar-refractivity contribution in [3.63, 3.8) is 0 Å². The van der Waals surface area contributed by atoms with Crippen LogP contribution in [-0.2, 0) is 4.74 Å². The van der Waals surface area contributed by atoms with E-state index in [0.29, 0.717) is 41.1 Å². The van der Waals surface area contributed by atoms with Crippen molar-refractivity contribution in [2.45, 2.75) is 52.5 Å². The molecule has 3 rings (SSSR count). The topological polar surface area (TPSA) is 94.5 Å². The Labute approximate surface area is 204 Å². The second kappa shape index (κ2) is 12.0. The van der Waals surface area contributed by atoms with Crippen LogP contribution >= 0.6 is 11.3 Å². The highest BCUT2D eigenvalue weighted by molar-refractivity contribution is 7.20. The molecule has 8 nitrogen and oxygen atoms in total. The molecule has 1 aromatic carbocycles. The van der Waals surface area contributed by atoms with Crippen molar-refractivity contribution >= 4 is 39.1 Å². The summed E-state index contributed by atoms with van der Waals surface area (Å²) in [5.74, 6) is -0.0739. The molecule has 0 fully saturated rings. The Morgan fingerprint density at radius 3 is 2.65 bits per heavy atom. The largest absolute Gasteiger partial charge is 0.496 e. The van der Waals surface area contributed by atoms with Crippen LogP contribution in [0, 0.1) is 6.92 Å². The Morgan fingerprint density at radius 2 is 1.97 bits per heavy atom. The Kier molecular flexibility index (Phi) is 9.06. The summed E-state index contributed by atoms with van der Waals surface area (Å²) in [6, 6.07) is 7.24. The van der Waals surface area contributed by atoms with Crippen LogP contribution in [0.4, 0.5) is 5.69 Å². The van der Waals surface area contributed by atoms with Crippen molar-refractivity contribution in [1.29, 1.82) is 0 Å². The summed E-state index contributed by atoms with van der Waals surface area (Å²) in [6.45, 7) is 7.18. The fraction of sp³-hybridized carbons (Fsp3) is 0.480. The summed E-state index contributed by atoms with van der Waals surface area (Å²) in [6.07, 6.45) is 4.38. The maximum Gasteiger partial charge on any atom is 0.265 e. The van der Waals surface area contributed by atoms with Gasteiger partial charge in [-0.1, -0.05) is 26.7 Å². The molecule has 3 aromatic rings. The van der Waals surface area contributed by atoms with E-state index in [-0.39, 0.29) is 11.8 Å². The second-order valence-corrected chi connectivity index (χ2v) is 9.21. The maximum atomic E-state index is 13.0. The lowest BCUT2D eigenvalue weighted by Crippen LogP contribution is -2.27. The van der Waals surface area contributed by atoms with Crippen molar-refractivity contribution < 1.29 is 19.1 Å². The summed E-state index contributed by atoms with van der Waals surface area (Å²) in [5.41, 5.74) is 1.89. The third-order valence-electron chi connectivity index (χ3n) is 5.80. The molecule has 9 heteroatoms. The standard InChI is InChI=1S/C25H34N4O4S/c1-6-8-9-18(7-2)29-25-20(16(3)28-29)15-22(34-25)24(31)27-17-10-11-19(21(14-17)33-5)23(30)26-12-13-32-4/h10-11,14-15,18H,6-9,12-13H2,1-5H3,(H,26,30)(H,27,31). The van der Waals surface area contributed by atoms with Crippen LogP contribution in [0.15, 0.2) is 24.3 Å². The van der Waals surface area contributed by atoms with E-state index in [1.54, 1.807) is 25.3 Å². The van der Waals surface area contributed by atoms with E-state index < -0.39 is 0 Å². The summed E-state index contributed by atoms with van der Waals surface area (Å²) < 4.78 is 12.4. The van der Waals surface area contributed by atoms with E-state index in [9.17, 15) is 9.59 Å². The fourth-order valence-corrected chi connectivity index (χ4v) is 5.01. The van der Waals surface area contributed by atoms with Gasteiger partial charge in [0.25, 0.3) is 11.8 Å². The minimum Gasteiger partial charge on any atom is -0.496 e. The normalized spacial score (nSPS) is 12.0. The van der Waals surface area contributed by atoms with Gasteiger partial charge in [0.2, 0.25) is 0 Å². The number of carbonyl (C=O) groups excluding carboxylic acids is 2. The van der Waals surface area contributed by atoms with Crippen LogP contribution in [0.2, 0.25) is 0 Å². The lowest BCUT2D eigenvalue weighted by Gasteiger charge is -2.15. The molecule has 0 aliphatic rings. The fourth-order valence-electron chi connectivity index (χ4n) is 3.88. The number of ether oxygens (including phenoxy) is 2. The third kappa shape index (κ3) is 5.77. The molecule has 0 bridgehead atoms. The van der Waals surface area contributed by atoms with Crippen molar-refractivity contribution in [2.75, 3.05) is 32.7 Å². The summed E-state index contributed by atoms with van der Waals surface area (Å²) >= 11 is 1.46. The van der Waals surface area contributed by atoms with Gasteiger partial charge >= 0.3 is 0 Å². The van der Waals surface area contributed by atoms with Gasteiger partial charge in [-0.3, -0.25) is 14.3 Å². The summed E-state index contributed by atoms with van der Waals surface area (Å²) in [5, 5.41) is 11.5. The first-order valence-corrected chi connectivity index (χ1v) is 12.5. The molecule has 2 heterocycles. The highest BCUT2D eigenvalue weighted by atomic mass is 32.1. The number of carbonyl (C=O) groups is 2. The van der Waals surface area contributed by atoms with Crippen LogP contribution in [-0.4, -0.2) is 49.0 Å². The first kappa shape index (κ1) is 25.7.